The lowest BCUT2D eigenvalue weighted by Crippen LogP contribution is -2.32. The number of anilines is 1. The third-order valence-electron chi connectivity index (χ3n) is 3.50. The second-order valence-corrected chi connectivity index (χ2v) is 4.93. The van der Waals surface area contributed by atoms with E-state index in [0.717, 1.165) is 17.8 Å². The number of carbonyl (C=O) groups is 1. The zero-order valence-electron chi connectivity index (χ0n) is 11.1. The Morgan fingerprint density at radius 2 is 1.75 bits per heavy atom. The summed E-state index contributed by atoms with van der Waals surface area (Å²) in [6.07, 6.45) is 1.89. The number of hydrogen-bond acceptors (Lipinski definition) is 2. The molecule has 1 heterocycles. The molecular weight excluding hydrogens is 248 g/mol. The maximum absolute atomic E-state index is 11.5. The fourth-order valence-electron chi connectivity index (χ4n) is 2.52. The molecule has 0 saturated heterocycles. The number of carbonyl (C=O) groups excluding carboxylic acids is 1. The molecule has 0 unspecified atom stereocenters. The number of fused-ring (bicyclic) bond motifs is 1. The minimum Gasteiger partial charge on any atom is -0.366 e. The summed E-state index contributed by atoms with van der Waals surface area (Å²) in [5, 5.41) is 0. The van der Waals surface area contributed by atoms with E-state index in [4.69, 9.17) is 5.73 Å². The number of benzene rings is 2. The minimum atomic E-state index is -0.349. The SMILES string of the molecule is NC(=O)C1=Cc2ccccc2N(Cc2ccccc2)C1. The van der Waals surface area contributed by atoms with Crippen molar-refractivity contribution in [3.63, 3.8) is 0 Å². The fraction of sp³-hybridized carbons (Fsp3) is 0.118. The van der Waals surface area contributed by atoms with Crippen molar-refractivity contribution in [2.45, 2.75) is 6.54 Å². The highest BCUT2D eigenvalue weighted by atomic mass is 16.1. The quantitative estimate of drug-likeness (QED) is 0.926. The molecule has 2 aromatic carbocycles. The van der Waals surface area contributed by atoms with Crippen LogP contribution in [0.15, 0.2) is 60.2 Å². The van der Waals surface area contributed by atoms with Gasteiger partial charge in [-0.2, -0.15) is 0 Å². The van der Waals surface area contributed by atoms with Crippen molar-refractivity contribution in [3.05, 3.63) is 71.3 Å². The third-order valence-corrected chi connectivity index (χ3v) is 3.50. The second kappa shape index (κ2) is 5.21. The molecule has 1 aliphatic heterocycles. The van der Waals surface area contributed by atoms with Crippen LogP contribution in [0.1, 0.15) is 11.1 Å². The first-order valence-electron chi connectivity index (χ1n) is 6.62. The van der Waals surface area contributed by atoms with Crippen molar-refractivity contribution in [2.75, 3.05) is 11.4 Å². The van der Waals surface area contributed by atoms with E-state index in [-0.39, 0.29) is 5.91 Å². The summed E-state index contributed by atoms with van der Waals surface area (Å²) in [5.74, 6) is -0.349. The molecule has 0 atom stereocenters. The van der Waals surface area contributed by atoms with Gasteiger partial charge in [0.1, 0.15) is 0 Å². The highest BCUT2D eigenvalue weighted by Crippen LogP contribution is 2.29. The first-order chi connectivity index (χ1) is 9.74. The lowest BCUT2D eigenvalue weighted by molar-refractivity contribution is -0.114. The molecule has 2 N–H and O–H groups in total. The van der Waals surface area contributed by atoms with Gasteiger partial charge in [-0.3, -0.25) is 4.79 Å². The molecule has 0 aromatic heterocycles. The molecule has 100 valence electrons. The van der Waals surface area contributed by atoms with Gasteiger partial charge < -0.3 is 10.6 Å². The number of nitrogens with two attached hydrogens (primary N) is 1. The summed E-state index contributed by atoms with van der Waals surface area (Å²) >= 11 is 0. The third kappa shape index (κ3) is 2.43. The van der Waals surface area contributed by atoms with E-state index in [1.54, 1.807) is 0 Å². The van der Waals surface area contributed by atoms with Crippen molar-refractivity contribution in [1.82, 2.24) is 0 Å². The van der Waals surface area contributed by atoms with Crippen molar-refractivity contribution < 1.29 is 4.79 Å². The smallest absolute Gasteiger partial charge is 0.246 e. The highest BCUT2D eigenvalue weighted by Gasteiger charge is 2.20. The zero-order valence-corrected chi connectivity index (χ0v) is 11.1. The van der Waals surface area contributed by atoms with Crippen molar-refractivity contribution in [1.29, 1.82) is 0 Å². The highest BCUT2D eigenvalue weighted by molar-refractivity contribution is 5.99. The maximum atomic E-state index is 11.5. The Balaban J connectivity index is 1.96. The minimum absolute atomic E-state index is 0.349. The van der Waals surface area contributed by atoms with Crippen LogP contribution in [-0.4, -0.2) is 12.5 Å². The zero-order chi connectivity index (χ0) is 13.9. The van der Waals surface area contributed by atoms with Crippen LogP contribution in [-0.2, 0) is 11.3 Å². The molecule has 3 rings (SSSR count). The number of rotatable bonds is 3. The van der Waals surface area contributed by atoms with Gasteiger partial charge in [-0.1, -0.05) is 48.5 Å². The first kappa shape index (κ1) is 12.5. The number of para-hydroxylation sites is 1. The molecule has 0 spiro atoms. The fourth-order valence-corrected chi connectivity index (χ4v) is 2.52. The summed E-state index contributed by atoms with van der Waals surface area (Å²) in [6, 6.07) is 18.3. The van der Waals surface area contributed by atoms with Crippen LogP contribution in [0.25, 0.3) is 6.08 Å². The Morgan fingerprint density at radius 1 is 1.05 bits per heavy atom. The van der Waals surface area contributed by atoms with Gasteiger partial charge in [0.05, 0.1) is 0 Å². The largest absolute Gasteiger partial charge is 0.366 e. The number of hydrogen-bond donors (Lipinski definition) is 1. The molecular formula is C17H16N2O. The molecule has 3 heteroatoms. The molecule has 0 saturated carbocycles. The van der Waals surface area contributed by atoms with Gasteiger partial charge in [-0.15, -0.1) is 0 Å². The van der Waals surface area contributed by atoms with Crippen molar-refractivity contribution >= 4 is 17.7 Å². The van der Waals surface area contributed by atoms with Crippen LogP contribution in [0, 0.1) is 0 Å². The summed E-state index contributed by atoms with van der Waals surface area (Å²) in [5.41, 5.74) is 9.50. The Bertz CT molecular complexity index is 662. The van der Waals surface area contributed by atoms with Crippen LogP contribution in [0.3, 0.4) is 0 Å². The first-order valence-corrected chi connectivity index (χ1v) is 6.62. The van der Waals surface area contributed by atoms with E-state index >= 15 is 0 Å². The van der Waals surface area contributed by atoms with E-state index in [2.05, 4.69) is 23.1 Å². The number of nitrogens with zero attached hydrogens (tertiary/aromatic N) is 1. The van der Waals surface area contributed by atoms with Gasteiger partial charge >= 0.3 is 0 Å². The number of amides is 1. The molecule has 1 amide bonds. The van der Waals surface area contributed by atoms with Gasteiger partial charge in [-0.25, -0.2) is 0 Å². The van der Waals surface area contributed by atoms with E-state index in [9.17, 15) is 4.79 Å². The normalized spacial score (nSPS) is 13.6. The Labute approximate surface area is 118 Å². The molecule has 0 radical (unpaired) electrons. The van der Waals surface area contributed by atoms with Crippen molar-refractivity contribution in [3.8, 4) is 0 Å². The Morgan fingerprint density at radius 3 is 2.50 bits per heavy atom. The van der Waals surface area contributed by atoms with Crippen molar-refractivity contribution in [2.24, 2.45) is 5.73 Å². The topological polar surface area (TPSA) is 46.3 Å². The van der Waals surface area contributed by atoms with E-state index in [1.165, 1.54) is 5.56 Å². The Hall–Kier alpha value is -2.55. The molecule has 2 aromatic rings. The Kier molecular flexibility index (Phi) is 3.25. The molecule has 0 aliphatic carbocycles. The molecule has 1 aliphatic rings. The summed E-state index contributed by atoms with van der Waals surface area (Å²) in [6.45, 7) is 1.32. The summed E-state index contributed by atoms with van der Waals surface area (Å²) in [4.78, 5) is 13.7. The van der Waals surface area contributed by atoms with Crippen LogP contribution in [0.5, 0.6) is 0 Å². The lowest BCUT2D eigenvalue weighted by atomic mass is 10.0. The van der Waals surface area contributed by atoms with Gasteiger partial charge in [0.15, 0.2) is 0 Å². The lowest BCUT2D eigenvalue weighted by Gasteiger charge is -2.30. The van der Waals surface area contributed by atoms with Gasteiger partial charge in [0.25, 0.3) is 0 Å². The average Bonchev–Trinajstić information content (AvgIpc) is 2.48. The molecule has 3 nitrogen and oxygen atoms in total. The summed E-state index contributed by atoms with van der Waals surface area (Å²) in [7, 11) is 0. The summed E-state index contributed by atoms with van der Waals surface area (Å²) < 4.78 is 0. The van der Waals surface area contributed by atoms with Gasteiger partial charge in [0.2, 0.25) is 5.91 Å². The van der Waals surface area contributed by atoms with Crippen LogP contribution >= 0.6 is 0 Å². The molecule has 20 heavy (non-hydrogen) atoms. The average molecular weight is 264 g/mol. The van der Waals surface area contributed by atoms with E-state index in [0.29, 0.717) is 12.1 Å². The molecule has 0 bridgehead atoms. The monoisotopic (exact) mass is 264 g/mol. The van der Waals surface area contributed by atoms with E-state index < -0.39 is 0 Å². The van der Waals surface area contributed by atoms with E-state index in [1.807, 2.05) is 42.5 Å². The predicted octanol–water partition coefficient (Wildman–Crippen LogP) is 2.58. The van der Waals surface area contributed by atoms with Gasteiger partial charge in [-0.05, 0) is 23.3 Å². The predicted molar refractivity (Wildman–Crippen MR) is 81.1 cm³/mol. The van der Waals surface area contributed by atoms with Crippen LogP contribution < -0.4 is 10.6 Å². The standard InChI is InChI=1S/C17H16N2O/c18-17(20)15-10-14-8-4-5-9-16(14)19(12-15)11-13-6-2-1-3-7-13/h1-10H,11-12H2,(H2,18,20). The maximum Gasteiger partial charge on any atom is 0.246 e. The van der Waals surface area contributed by atoms with Gasteiger partial charge in [0, 0.05) is 24.4 Å². The van der Waals surface area contributed by atoms with Crippen LogP contribution in [0.2, 0.25) is 0 Å². The molecule has 0 fully saturated rings. The number of primary amides is 1. The second-order valence-electron chi connectivity index (χ2n) is 4.93. The van der Waals surface area contributed by atoms with Crippen LogP contribution in [0.4, 0.5) is 5.69 Å².